The largest absolute Gasteiger partial charge is 0.311 e. The smallest absolute Gasteiger partial charge is 0.154 e. The maximum Gasteiger partial charge on any atom is 0.154 e. The number of nitrogens with one attached hydrogen (secondary N) is 1. The van der Waals surface area contributed by atoms with Crippen LogP contribution in [0, 0.1) is 0 Å². The van der Waals surface area contributed by atoms with Crippen LogP contribution in [0.2, 0.25) is 0 Å². The molecule has 5 nitrogen and oxygen atoms in total. The van der Waals surface area contributed by atoms with Crippen molar-refractivity contribution in [1.29, 1.82) is 0 Å². The Bertz CT molecular complexity index is 437. The molecule has 0 saturated heterocycles. The van der Waals surface area contributed by atoms with E-state index in [2.05, 4.69) is 10.4 Å². The topological polar surface area (TPSA) is 64.0 Å². The summed E-state index contributed by atoms with van der Waals surface area (Å²) in [5.41, 5.74) is 1.02. The first-order valence-corrected chi connectivity index (χ1v) is 7.62. The number of aromatic nitrogens is 2. The number of nitrogens with zero attached hydrogens (tertiary/aromatic N) is 2. The molecule has 1 N–H and O–H groups in total. The number of rotatable bonds is 7. The van der Waals surface area contributed by atoms with Crippen LogP contribution in [0.5, 0.6) is 0 Å². The molecular weight excluding hydrogens is 238 g/mol. The minimum absolute atomic E-state index is 0.144. The second-order valence-electron chi connectivity index (χ2n) is 4.24. The first kappa shape index (κ1) is 14.2. The first-order chi connectivity index (χ1) is 7.97. The average Bonchev–Trinajstić information content (AvgIpc) is 2.71. The molecule has 6 heteroatoms. The Balaban J connectivity index is 2.61. The van der Waals surface area contributed by atoms with E-state index in [9.17, 15) is 8.42 Å². The minimum Gasteiger partial charge on any atom is -0.311 e. The molecule has 1 aromatic rings. The third-order valence-corrected chi connectivity index (χ3v) is 4.85. The highest BCUT2D eigenvalue weighted by molar-refractivity contribution is 7.91. The summed E-state index contributed by atoms with van der Waals surface area (Å²) < 4.78 is 25.1. The van der Waals surface area contributed by atoms with Gasteiger partial charge in [0.1, 0.15) is 0 Å². The lowest BCUT2D eigenvalue weighted by Gasteiger charge is -2.10. The molecular formula is C11H21N3O2S. The molecule has 0 saturated carbocycles. The molecule has 0 spiro atoms. The van der Waals surface area contributed by atoms with Crippen LogP contribution in [0.4, 0.5) is 0 Å². The van der Waals surface area contributed by atoms with Gasteiger partial charge in [0, 0.05) is 12.7 Å². The Morgan fingerprint density at radius 3 is 2.76 bits per heavy atom. The van der Waals surface area contributed by atoms with Gasteiger partial charge in [0.15, 0.2) is 9.84 Å². The van der Waals surface area contributed by atoms with Crippen LogP contribution < -0.4 is 5.32 Å². The van der Waals surface area contributed by atoms with Crippen LogP contribution in [0.15, 0.2) is 12.3 Å². The SMILES string of the molecule is CCNCc1ccnn1CCS(=O)(=O)C(C)C. The van der Waals surface area contributed by atoms with Crippen molar-refractivity contribution in [2.24, 2.45) is 0 Å². The van der Waals surface area contributed by atoms with Gasteiger partial charge in [-0.05, 0) is 26.5 Å². The molecule has 0 unspecified atom stereocenters. The third-order valence-electron chi connectivity index (χ3n) is 2.67. The molecule has 0 amide bonds. The van der Waals surface area contributed by atoms with Gasteiger partial charge in [0.05, 0.1) is 23.2 Å². The van der Waals surface area contributed by atoms with E-state index < -0.39 is 9.84 Å². The standard InChI is InChI=1S/C11H21N3O2S/c1-4-12-9-11-5-6-13-14(11)7-8-17(15,16)10(2)3/h5-6,10,12H,4,7-9H2,1-3H3. The molecule has 1 heterocycles. The number of aryl methyl sites for hydroxylation is 1. The molecule has 0 bridgehead atoms. The highest BCUT2D eigenvalue weighted by atomic mass is 32.2. The van der Waals surface area contributed by atoms with E-state index in [1.54, 1.807) is 24.7 Å². The van der Waals surface area contributed by atoms with Gasteiger partial charge in [0.2, 0.25) is 0 Å². The van der Waals surface area contributed by atoms with Crippen molar-refractivity contribution in [1.82, 2.24) is 15.1 Å². The minimum atomic E-state index is -2.99. The Hall–Kier alpha value is -0.880. The van der Waals surface area contributed by atoms with Crippen molar-refractivity contribution in [3.05, 3.63) is 18.0 Å². The summed E-state index contributed by atoms with van der Waals surface area (Å²) >= 11 is 0. The molecule has 1 rings (SSSR count). The summed E-state index contributed by atoms with van der Waals surface area (Å²) in [6, 6.07) is 1.91. The second-order valence-corrected chi connectivity index (χ2v) is 6.92. The van der Waals surface area contributed by atoms with Crippen molar-refractivity contribution in [2.75, 3.05) is 12.3 Å². The molecule has 0 aliphatic heterocycles. The molecule has 98 valence electrons. The van der Waals surface area contributed by atoms with Gasteiger partial charge in [-0.1, -0.05) is 6.92 Å². The molecule has 0 aromatic carbocycles. The Labute approximate surface area is 103 Å². The number of sulfone groups is 1. The van der Waals surface area contributed by atoms with Gasteiger partial charge in [-0.2, -0.15) is 5.10 Å². The molecule has 0 atom stereocenters. The molecule has 1 aromatic heterocycles. The van der Waals surface area contributed by atoms with E-state index in [4.69, 9.17) is 0 Å². The highest BCUT2D eigenvalue weighted by Crippen LogP contribution is 2.04. The molecule has 0 radical (unpaired) electrons. The molecule has 0 aliphatic rings. The van der Waals surface area contributed by atoms with E-state index in [1.807, 2.05) is 13.0 Å². The van der Waals surface area contributed by atoms with E-state index in [-0.39, 0.29) is 11.0 Å². The summed E-state index contributed by atoms with van der Waals surface area (Å²) in [4.78, 5) is 0. The van der Waals surface area contributed by atoms with Crippen LogP contribution in [0.25, 0.3) is 0 Å². The van der Waals surface area contributed by atoms with Crippen LogP contribution >= 0.6 is 0 Å². The van der Waals surface area contributed by atoms with Crippen LogP contribution in [-0.4, -0.2) is 35.7 Å². The predicted octanol–water partition coefficient (Wildman–Crippen LogP) is 0.816. The zero-order valence-electron chi connectivity index (χ0n) is 10.7. The fourth-order valence-corrected chi connectivity index (χ4v) is 2.31. The molecule has 0 fully saturated rings. The van der Waals surface area contributed by atoms with Crippen LogP contribution in [-0.2, 0) is 22.9 Å². The van der Waals surface area contributed by atoms with Crippen LogP contribution in [0.3, 0.4) is 0 Å². The molecule has 0 aliphatic carbocycles. The quantitative estimate of drug-likeness (QED) is 0.787. The summed E-state index contributed by atoms with van der Waals surface area (Å²) in [5.74, 6) is 0.144. The van der Waals surface area contributed by atoms with Gasteiger partial charge in [-0.25, -0.2) is 8.42 Å². The summed E-state index contributed by atoms with van der Waals surface area (Å²) in [5, 5.41) is 7.02. The summed E-state index contributed by atoms with van der Waals surface area (Å²) in [6.07, 6.45) is 1.70. The van der Waals surface area contributed by atoms with Crippen molar-refractivity contribution >= 4 is 9.84 Å². The van der Waals surface area contributed by atoms with E-state index in [0.717, 1.165) is 18.8 Å². The fourth-order valence-electron chi connectivity index (χ4n) is 1.41. The van der Waals surface area contributed by atoms with Gasteiger partial charge in [0.25, 0.3) is 0 Å². The lowest BCUT2D eigenvalue weighted by molar-refractivity contribution is 0.559. The fraction of sp³-hybridized carbons (Fsp3) is 0.727. The zero-order valence-corrected chi connectivity index (χ0v) is 11.5. The number of hydrogen-bond donors (Lipinski definition) is 1. The average molecular weight is 259 g/mol. The van der Waals surface area contributed by atoms with E-state index in [1.165, 1.54) is 0 Å². The summed E-state index contributed by atoms with van der Waals surface area (Å²) in [6.45, 7) is 7.47. The number of hydrogen-bond acceptors (Lipinski definition) is 4. The zero-order chi connectivity index (χ0) is 12.9. The molecule has 17 heavy (non-hydrogen) atoms. The van der Waals surface area contributed by atoms with Gasteiger partial charge in [-0.15, -0.1) is 0 Å². The Morgan fingerprint density at radius 1 is 1.47 bits per heavy atom. The van der Waals surface area contributed by atoms with Gasteiger partial charge >= 0.3 is 0 Å². The van der Waals surface area contributed by atoms with Gasteiger partial charge in [-0.3, -0.25) is 4.68 Å². The Kier molecular flexibility index (Phi) is 5.14. The van der Waals surface area contributed by atoms with Gasteiger partial charge < -0.3 is 5.32 Å². The normalized spacial score (nSPS) is 12.2. The highest BCUT2D eigenvalue weighted by Gasteiger charge is 2.16. The second kappa shape index (κ2) is 6.16. The predicted molar refractivity (Wildman–Crippen MR) is 68.5 cm³/mol. The van der Waals surface area contributed by atoms with Crippen molar-refractivity contribution in [3.63, 3.8) is 0 Å². The maximum atomic E-state index is 11.7. The van der Waals surface area contributed by atoms with Crippen molar-refractivity contribution in [2.45, 2.75) is 39.1 Å². The van der Waals surface area contributed by atoms with Crippen molar-refractivity contribution in [3.8, 4) is 0 Å². The lowest BCUT2D eigenvalue weighted by Crippen LogP contribution is -2.23. The van der Waals surface area contributed by atoms with E-state index in [0.29, 0.717) is 6.54 Å². The monoisotopic (exact) mass is 259 g/mol. The third kappa shape index (κ3) is 4.12. The Morgan fingerprint density at radius 2 is 2.18 bits per heavy atom. The van der Waals surface area contributed by atoms with Crippen molar-refractivity contribution < 1.29 is 8.42 Å². The summed E-state index contributed by atoms with van der Waals surface area (Å²) in [7, 11) is -2.99. The first-order valence-electron chi connectivity index (χ1n) is 5.90. The lowest BCUT2D eigenvalue weighted by atomic mass is 10.4. The van der Waals surface area contributed by atoms with Crippen LogP contribution in [0.1, 0.15) is 26.5 Å². The van der Waals surface area contributed by atoms with E-state index >= 15 is 0 Å². The maximum absolute atomic E-state index is 11.7.